The third-order valence-electron chi connectivity index (χ3n) is 6.58. The van der Waals surface area contributed by atoms with Gasteiger partial charge in [-0.15, -0.1) is 0 Å². The fourth-order valence-electron chi connectivity index (χ4n) is 4.62. The Morgan fingerprint density at radius 2 is 1.76 bits per heavy atom. The van der Waals surface area contributed by atoms with E-state index in [1.54, 1.807) is 25.3 Å². The molecule has 2 aliphatic heterocycles. The number of hydrogen-bond acceptors (Lipinski definition) is 4. The molecule has 0 spiro atoms. The van der Waals surface area contributed by atoms with Crippen LogP contribution in [0.3, 0.4) is 0 Å². The Morgan fingerprint density at radius 1 is 1.03 bits per heavy atom. The molecule has 2 aromatic rings. The van der Waals surface area contributed by atoms with Crippen LogP contribution >= 0.6 is 23.2 Å². The molecule has 2 amide bonds. The zero-order chi connectivity index (χ0) is 24.2. The number of likely N-dealkylation sites (tertiary alicyclic amines) is 2. The van der Waals surface area contributed by atoms with Gasteiger partial charge >= 0.3 is 0 Å². The van der Waals surface area contributed by atoms with Crippen LogP contribution in [0.4, 0.5) is 4.39 Å². The van der Waals surface area contributed by atoms with E-state index in [-0.39, 0.29) is 22.4 Å². The van der Waals surface area contributed by atoms with E-state index in [0.717, 1.165) is 32.4 Å². The molecule has 2 aromatic carbocycles. The van der Waals surface area contributed by atoms with Gasteiger partial charge in [0.25, 0.3) is 11.8 Å². The van der Waals surface area contributed by atoms with Crippen LogP contribution in [0.1, 0.15) is 40.0 Å². The summed E-state index contributed by atoms with van der Waals surface area (Å²) in [5.74, 6) is 0.0530. The molecule has 6 nitrogen and oxygen atoms in total. The number of amides is 2. The summed E-state index contributed by atoms with van der Waals surface area (Å²) in [6.07, 6.45) is 3.00. The number of benzene rings is 2. The van der Waals surface area contributed by atoms with Crippen molar-refractivity contribution in [3.63, 3.8) is 0 Å². The quantitative estimate of drug-likeness (QED) is 0.625. The van der Waals surface area contributed by atoms with E-state index in [1.807, 2.05) is 4.90 Å². The van der Waals surface area contributed by atoms with Crippen LogP contribution in [-0.2, 0) is 0 Å². The highest BCUT2D eigenvalue weighted by atomic mass is 35.5. The van der Waals surface area contributed by atoms with Crippen LogP contribution in [0.5, 0.6) is 5.75 Å². The lowest BCUT2D eigenvalue weighted by Gasteiger charge is -2.45. The van der Waals surface area contributed by atoms with E-state index in [2.05, 4.69) is 10.2 Å². The first kappa shape index (κ1) is 24.8. The van der Waals surface area contributed by atoms with E-state index in [9.17, 15) is 14.0 Å². The van der Waals surface area contributed by atoms with Gasteiger partial charge in [0, 0.05) is 46.8 Å². The van der Waals surface area contributed by atoms with Gasteiger partial charge in [-0.05, 0) is 74.7 Å². The number of methoxy groups -OCH3 is 1. The molecular formula is C25H28Cl2FN3O3. The summed E-state index contributed by atoms with van der Waals surface area (Å²) in [5, 5.41) is 3.60. The average Bonchev–Trinajstić information content (AvgIpc) is 3.01. The van der Waals surface area contributed by atoms with Gasteiger partial charge in [0.1, 0.15) is 11.6 Å². The largest absolute Gasteiger partial charge is 0.497 e. The summed E-state index contributed by atoms with van der Waals surface area (Å²) in [7, 11) is 1.55. The monoisotopic (exact) mass is 507 g/mol. The molecule has 9 heteroatoms. The normalized spacial score (nSPS) is 19.3. The van der Waals surface area contributed by atoms with Crippen molar-refractivity contribution in [1.29, 1.82) is 0 Å². The van der Waals surface area contributed by atoms with Crippen LogP contribution in [0.25, 0.3) is 0 Å². The SMILES string of the molecule is COc1cc(Cl)cc(C(=O)N2CC(N3CCCC(CNC(=O)c4cc(F)cc(Cl)c4)CC3)C2)c1. The number of nitrogens with zero attached hydrogens (tertiary/aromatic N) is 2. The molecule has 0 aliphatic carbocycles. The first-order valence-electron chi connectivity index (χ1n) is 11.4. The fraction of sp³-hybridized carbons (Fsp3) is 0.440. The summed E-state index contributed by atoms with van der Waals surface area (Å²) < 4.78 is 18.7. The first-order chi connectivity index (χ1) is 16.3. The van der Waals surface area contributed by atoms with Gasteiger partial charge in [-0.1, -0.05) is 23.2 Å². The number of ether oxygens (including phenoxy) is 1. The van der Waals surface area contributed by atoms with Gasteiger partial charge in [0.2, 0.25) is 0 Å². The second-order valence-electron chi connectivity index (χ2n) is 8.94. The third kappa shape index (κ3) is 6.01. The molecule has 0 radical (unpaired) electrons. The lowest BCUT2D eigenvalue weighted by Crippen LogP contribution is -2.61. The molecule has 182 valence electrons. The van der Waals surface area contributed by atoms with Crippen LogP contribution in [-0.4, -0.2) is 67.5 Å². The number of carbonyl (C=O) groups is 2. The van der Waals surface area contributed by atoms with Gasteiger partial charge in [-0.3, -0.25) is 14.5 Å². The Kier molecular flexibility index (Phi) is 7.96. The molecule has 0 aromatic heterocycles. The van der Waals surface area contributed by atoms with Crippen molar-refractivity contribution in [1.82, 2.24) is 15.1 Å². The Bertz CT molecular complexity index is 1040. The Morgan fingerprint density at radius 3 is 2.50 bits per heavy atom. The first-order valence-corrected chi connectivity index (χ1v) is 12.2. The van der Waals surface area contributed by atoms with Crippen molar-refractivity contribution in [3.8, 4) is 5.75 Å². The Hall–Kier alpha value is -2.35. The number of halogens is 3. The minimum absolute atomic E-state index is 0.0371. The third-order valence-corrected chi connectivity index (χ3v) is 7.01. The van der Waals surface area contributed by atoms with Crippen molar-refractivity contribution in [2.24, 2.45) is 5.92 Å². The molecule has 2 saturated heterocycles. The number of nitrogens with one attached hydrogen (secondary N) is 1. The van der Waals surface area contributed by atoms with E-state index in [0.29, 0.717) is 47.9 Å². The standard InChI is InChI=1S/C25H28Cl2FN3O3/c1-34-23-10-18(8-20(27)12-23)25(33)31-14-22(15-31)30-5-2-3-16(4-6-30)13-29-24(32)17-7-19(26)11-21(28)9-17/h7-12,16,22H,2-6,13-15H2,1H3,(H,29,32). The highest BCUT2D eigenvalue weighted by molar-refractivity contribution is 6.31. The second-order valence-corrected chi connectivity index (χ2v) is 9.82. The maximum absolute atomic E-state index is 13.5. The van der Waals surface area contributed by atoms with Gasteiger partial charge in [-0.2, -0.15) is 0 Å². The van der Waals surface area contributed by atoms with Crippen molar-refractivity contribution in [2.75, 3.05) is 39.8 Å². The molecule has 34 heavy (non-hydrogen) atoms. The average molecular weight is 508 g/mol. The molecule has 1 unspecified atom stereocenters. The summed E-state index contributed by atoms with van der Waals surface area (Å²) in [6, 6.07) is 9.25. The molecule has 4 rings (SSSR count). The van der Waals surface area contributed by atoms with Crippen LogP contribution in [0.2, 0.25) is 10.0 Å². The van der Waals surface area contributed by atoms with Crippen molar-refractivity contribution in [3.05, 3.63) is 63.4 Å². The predicted octanol–water partition coefficient (Wildman–Crippen LogP) is 4.50. The zero-order valence-corrected chi connectivity index (χ0v) is 20.5. The summed E-state index contributed by atoms with van der Waals surface area (Å²) >= 11 is 12.0. The molecule has 1 atom stereocenters. The zero-order valence-electron chi connectivity index (χ0n) is 19.0. The maximum atomic E-state index is 13.5. The van der Waals surface area contributed by atoms with E-state index in [1.165, 1.54) is 18.2 Å². The van der Waals surface area contributed by atoms with Gasteiger partial charge in [0.15, 0.2) is 0 Å². The van der Waals surface area contributed by atoms with Crippen molar-refractivity contribution < 1.29 is 18.7 Å². The highest BCUT2D eigenvalue weighted by Gasteiger charge is 2.36. The minimum atomic E-state index is -0.523. The molecule has 2 fully saturated rings. The van der Waals surface area contributed by atoms with E-state index in [4.69, 9.17) is 27.9 Å². The number of rotatable bonds is 6. The topological polar surface area (TPSA) is 61.9 Å². The minimum Gasteiger partial charge on any atom is -0.497 e. The van der Waals surface area contributed by atoms with E-state index < -0.39 is 5.82 Å². The lowest BCUT2D eigenvalue weighted by molar-refractivity contribution is 0.0271. The van der Waals surface area contributed by atoms with Crippen molar-refractivity contribution >= 4 is 35.0 Å². The number of carbonyl (C=O) groups excluding carboxylic acids is 2. The van der Waals surface area contributed by atoms with Gasteiger partial charge in [-0.25, -0.2) is 4.39 Å². The summed E-state index contributed by atoms with van der Waals surface area (Å²) in [5.41, 5.74) is 0.769. The maximum Gasteiger partial charge on any atom is 0.254 e. The molecule has 1 N–H and O–H groups in total. The Balaban J connectivity index is 1.24. The summed E-state index contributed by atoms with van der Waals surface area (Å²) in [6.45, 7) is 3.82. The smallest absolute Gasteiger partial charge is 0.254 e. The molecular weight excluding hydrogens is 480 g/mol. The van der Waals surface area contributed by atoms with Gasteiger partial charge in [0.05, 0.1) is 7.11 Å². The predicted molar refractivity (Wildman–Crippen MR) is 130 cm³/mol. The van der Waals surface area contributed by atoms with Crippen LogP contribution in [0.15, 0.2) is 36.4 Å². The lowest BCUT2D eigenvalue weighted by atomic mass is 10.0. The van der Waals surface area contributed by atoms with E-state index >= 15 is 0 Å². The van der Waals surface area contributed by atoms with Crippen molar-refractivity contribution in [2.45, 2.75) is 25.3 Å². The molecule has 0 saturated carbocycles. The second kappa shape index (κ2) is 10.9. The molecule has 2 aliphatic rings. The number of hydrogen-bond donors (Lipinski definition) is 1. The molecule has 0 bridgehead atoms. The summed E-state index contributed by atoms with van der Waals surface area (Å²) in [4.78, 5) is 29.5. The van der Waals surface area contributed by atoms with Gasteiger partial charge < -0.3 is 15.0 Å². The van der Waals surface area contributed by atoms with Crippen LogP contribution < -0.4 is 10.1 Å². The fourth-order valence-corrected chi connectivity index (χ4v) is 5.07. The highest BCUT2D eigenvalue weighted by Crippen LogP contribution is 2.26. The molecule has 2 heterocycles. The van der Waals surface area contributed by atoms with Crippen LogP contribution in [0, 0.1) is 11.7 Å². The Labute approximate surface area is 208 Å².